The number of rotatable bonds is 6. The Morgan fingerprint density at radius 1 is 1.38 bits per heavy atom. The van der Waals surface area contributed by atoms with E-state index in [4.69, 9.17) is 15.1 Å². The Bertz CT molecular complexity index is 604. The molecule has 0 amide bonds. The summed E-state index contributed by atoms with van der Waals surface area (Å²) in [4.78, 5) is 37.3. The second-order valence-electron chi connectivity index (χ2n) is 4.05. The number of hydrogen-bond acceptors (Lipinski definition) is 6. The van der Waals surface area contributed by atoms with E-state index >= 15 is 0 Å². The fourth-order valence-electron chi connectivity index (χ4n) is 1.63. The van der Waals surface area contributed by atoms with Crippen LogP contribution in [0.25, 0.3) is 0 Å². The van der Waals surface area contributed by atoms with Crippen molar-refractivity contribution in [1.29, 1.82) is 5.26 Å². The molecule has 0 bridgehead atoms. The Hall–Kier alpha value is -2.95. The first-order valence-corrected chi connectivity index (χ1v) is 5.87. The van der Waals surface area contributed by atoms with Gasteiger partial charge >= 0.3 is 17.9 Å². The third-order valence-corrected chi connectivity index (χ3v) is 2.68. The monoisotopic (exact) mass is 292 g/mol. The first-order valence-electron chi connectivity index (χ1n) is 5.87. The van der Waals surface area contributed by atoms with Gasteiger partial charge in [-0.1, -0.05) is 0 Å². The maximum absolute atomic E-state index is 11.4. The van der Waals surface area contributed by atoms with E-state index < -0.39 is 29.7 Å². The standard InChI is InChI=1S/C13H12N2O6/c1-2-21-11(18)8-3-4-9(15-6-8)13(7-14,12(19)20)5-10(16)17/h3-4,6H,2,5H2,1H3,(H,16,17)(H,19,20). The van der Waals surface area contributed by atoms with Crippen molar-refractivity contribution in [3.05, 3.63) is 29.6 Å². The van der Waals surface area contributed by atoms with Crippen molar-refractivity contribution in [2.45, 2.75) is 18.8 Å². The average Bonchev–Trinajstić information content (AvgIpc) is 2.44. The van der Waals surface area contributed by atoms with E-state index in [1.165, 1.54) is 12.1 Å². The Balaban J connectivity index is 3.22. The summed E-state index contributed by atoms with van der Waals surface area (Å²) in [5, 5.41) is 27.0. The predicted molar refractivity (Wildman–Crippen MR) is 67.4 cm³/mol. The first-order chi connectivity index (χ1) is 9.87. The fraction of sp³-hybridized carbons (Fsp3) is 0.308. The van der Waals surface area contributed by atoms with Crippen LogP contribution in [0.15, 0.2) is 18.3 Å². The summed E-state index contributed by atoms with van der Waals surface area (Å²) in [7, 11) is 0. The second kappa shape index (κ2) is 6.47. The molecular weight excluding hydrogens is 280 g/mol. The van der Waals surface area contributed by atoms with Gasteiger partial charge in [0, 0.05) is 6.20 Å². The molecule has 0 aliphatic rings. The molecule has 1 atom stereocenters. The maximum atomic E-state index is 11.4. The van der Waals surface area contributed by atoms with Crippen molar-refractivity contribution in [3.8, 4) is 6.07 Å². The van der Waals surface area contributed by atoms with Gasteiger partial charge in [0.15, 0.2) is 0 Å². The van der Waals surface area contributed by atoms with Gasteiger partial charge in [-0.2, -0.15) is 5.26 Å². The van der Waals surface area contributed by atoms with Crippen LogP contribution in [0.5, 0.6) is 0 Å². The molecule has 8 heteroatoms. The molecule has 1 aromatic heterocycles. The normalized spacial score (nSPS) is 12.8. The van der Waals surface area contributed by atoms with E-state index in [0.717, 1.165) is 12.3 Å². The third-order valence-electron chi connectivity index (χ3n) is 2.68. The predicted octanol–water partition coefficient (Wildman–Crippen LogP) is 0.579. The van der Waals surface area contributed by atoms with Gasteiger partial charge in [0.05, 0.1) is 30.4 Å². The Morgan fingerprint density at radius 3 is 2.43 bits per heavy atom. The fourth-order valence-corrected chi connectivity index (χ4v) is 1.63. The number of esters is 1. The Labute approximate surface area is 119 Å². The summed E-state index contributed by atoms with van der Waals surface area (Å²) < 4.78 is 4.74. The van der Waals surface area contributed by atoms with Gasteiger partial charge in [-0.3, -0.25) is 14.6 Å². The summed E-state index contributed by atoms with van der Waals surface area (Å²) in [6, 6.07) is 3.84. The van der Waals surface area contributed by atoms with Crippen LogP contribution < -0.4 is 0 Å². The zero-order chi connectivity index (χ0) is 16.0. The van der Waals surface area contributed by atoms with Gasteiger partial charge in [0.2, 0.25) is 5.41 Å². The van der Waals surface area contributed by atoms with Gasteiger partial charge in [-0.05, 0) is 19.1 Å². The molecule has 8 nitrogen and oxygen atoms in total. The van der Waals surface area contributed by atoms with Crippen molar-refractivity contribution >= 4 is 17.9 Å². The molecule has 21 heavy (non-hydrogen) atoms. The largest absolute Gasteiger partial charge is 0.481 e. The number of aliphatic carboxylic acids is 2. The maximum Gasteiger partial charge on any atom is 0.339 e. The van der Waals surface area contributed by atoms with Crippen LogP contribution in [0, 0.1) is 11.3 Å². The lowest BCUT2D eigenvalue weighted by Gasteiger charge is -2.19. The van der Waals surface area contributed by atoms with Crippen LogP contribution in [0.4, 0.5) is 0 Å². The number of aromatic nitrogens is 1. The van der Waals surface area contributed by atoms with E-state index in [0.29, 0.717) is 0 Å². The summed E-state index contributed by atoms with van der Waals surface area (Å²) in [5.74, 6) is -3.72. The molecular formula is C13H12N2O6. The SMILES string of the molecule is CCOC(=O)c1ccc(C(C#N)(CC(=O)O)C(=O)O)nc1. The lowest BCUT2D eigenvalue weighted by molar-refractivity contribution is -0.148. The summed E-state index contributed by atoms with van der Waals surface area (Å²) in [5.41, 5.74) is -2.49. The topological polar surface area (TPSA) is 138 Å². The van der Waals surface area contributed by atoms with E-state index in [-0.39, 0.29) is 17.9 Å². The van der Waals surface area contributed by atoms with Crippen LogP contribution in [0.3, 0.4) is 0 Å². The molecule has 0 radical (unpaired) electrons. The number of pyridine rings is 1. The molecule has 0 fully saturated rings. The van der Waals surface area contributed by atoms with Gasteiger partial charge in [-0.15, -0.1) is 0 Å². The quantitative estimate of drug-likeness (QED) is 0.726. The minimum atomic E-state index is -2.31. The lowest BCUT2D eigenvalue weighted by Crippen LogP contribution is -2.37. The Morgan fingerprint density at radius 2 is 2.05 bits per heavy atom. The number of carbonyl (C=O) groups excluding carboxylic acids is 1. The summed E-state index contributed by atoms with van der Waals surface area (Å²) >= 11 is 0. The highest BCUT2D eigenvalue weighted by atomic mass is 16.5. The van der Waals surface area contributed by atoms with E-state index in [1.807, 2.05) is 0 Å². The molecule has 0 saturated carbocycles. The van der Waals surface area contributed by atoms with Crippen molar-refractivity contribution in [3.63, 3.8) is 0 Å². The smallest absolute Gasteiger partial charge is 0.339 e. The lowest BCUT2D eigenvalue weighted by atomic mass is 9.82. The molecule has 2 N–H and O–H groups in total. The molecule has 0 aliphatic carbocycles. The molecule has 0 saturated heterocycles. The van der Waals surface area contributed by atoms with Crippen molar-refractivity contribution in [2.75, 3.05) is 6.61 Å². The number of carboxylic acids is 2. The molecule has 1 aromatic rings. The van der Waals surface area contributed by atoms with Gasteiger partial charge < -0.3 is 14.9 Å². The molecule has 1 heterocycles. The van der Waals surface area contributed by atoms with Crippen LogP contribution in [0.2, 0.25) is 0 Å². The van der Waals surface area contributed by atoms with Crippen LogP contribution in [-0.2, 0) is 19.7 Å². The zero-order valence-electron chi connectivity index (χ0n) is 11.1. The van der Waals surface area contributed by atoms with Crippen molar-refractivity contribution < 1.29 is 29.3 Å². The molecule has 0 spiro atoms. The van der Waals surface area contributed by atoms with Crippen LogP contribution in [0.1, 0.15) is 29.4 Å². The number of nitriles is 1. The molecule has 0 aliphatic heterocycles. The van der Waals surface area contributed by atoms with Crippen LogP contribution >= 0.6 is 0 Å². The summed E-state index contributed by atoms with van der Waals surface area (Å²) in [6.45, 7) is 1.79. The highest BCUT2D eigenvalue weighted by Crippen LogP contribution is 2.26. The minimum absolute atomic E-state index is 0.0770. The number of nitrogens with zero attached hydrogens (tertiary/aromatic N) is 2. The molecule has 0 aromatic carbocycles. The average molecular weight is 292 g/mol. The van der Waals surface area contributed by atoms with Gasteiger partial charge in [0.1, 0.15) is 0 Å². The number of hydrogen-bond donors (Lipinski definition) is 2. The first kappa shape index (κ1) is 16.1. The second-order valence-corrected chi connectivity index (χ2v) is 4.05. The zero-order valence-corrected chi connectivity index (χ0v) is 11.1. The number of carboxylic acid groups (broad SMARTS) is 2. The molecule has 1 unspecified atom stereocenters. The van der Waals surface area contributed by atoms with E-state index in [2.05, 4.69) is 4.98 Å². The summed E-state index contributed by atoms with van der Waals surface area (Å²) in [6.07, 6.45) is 0.106. The minimum Gasteiger partial charge on any atom is -0.481 e. The van der Waals surface area contributed by atoms with E-state index in [1.54, 1.807) is 6.92 Å². The van der Waals surface area contributed by atoms with E-state index in [9.17, 15) is 19.5 Å². The third kappa shape index (κ3) is 3.33. The number of ether oxygens (including phenoxy) is 1. The molecule has 1 rings (SSSR count). The molecule has 110 valence electrons. The van der Waals surface area contributed by atoms with Crippen molar-refractivity contribution in [1.82, 2.24) is 4.98 Å². The van der Waals surface area contributed by atoms with Crippen LogP contribution in [-0.4, -0.2) is 39.7 Å². The van der Waals surface area contributed by atoms with Crippen molar-refractivity contribution in [2.24, 2.45) is 0 Å². The number of carbonyl (C=O) groups is 3. The Kier molecular flexibility index (Phi) is 4.96. The highest BCUT2D eigenvalue weighted by molar-refractivity contribution is 5.91. The highest BCUT2D eigenvalue weighted by Gasteiger charge is 2.44. The van der Waals surface area contributed by atoms with Gasteiger partial charge in [-0.25, -0.2) is 4.79 Å². The van der Waals surface area contributed by atoms with Gasteiger partial charge in [0.25, 0.3) is 0 Å².